The summed E-state index contributed by atoms with van der Waals surface area (Å²) in [6.45, 7) is 2.74. The Labute approximate surface area is 149 Å². The summed E-state index contributed by atoms with van der Waals surface area (Å²) in [4.78, 5) is 52.0. The van der Waals surface area contributed by atoms with E-state index in [4.69, 9.17) is 0 Å². The third kappa shape index (κ3) is 2.12. The minimum absolute atomic E-state index is 0.182. The van der Waals surface area contributed by atoms with E-state index in [1.807, 2.05) is 0 Å². The molecule has 4 rings (SSSR count). The molecule has 1 amide bonds. The fourth-order valence-electron chi connectivity index (χ4n) is 3.99. The molecule has 2 atom stereocenters. The molecule has 2 heterocycles. The lowest BCUT2D eigenvalue weighted by Gasteiger charge is -2.32. The van der Waals surface area contributed by atoms with Gasteiger partial charge in [0.15, 0.2) is 17.3 Å². The van der Waals surface area contributed by atoms with Crippen LogP contribution in [0.3, 0.4) is 0 Å². The molecule has 1 aliphatic carbocycles. The molecular weight excluding hydrogens is 332 g/mol. The summed E-state index contributed by atoms with van der Waals surface area (Å²) in [6, 6.07) is 4.05. The molecule has 0 fully saturated rings. The standard InChI is InChI=1S/C20H16N2O4/c1-10(23)15-14-8-3-4-9-22(14)18-17(15)20(26)16-12(19(18)25)6-5-7-13(16)21-11(2)24/h3-9,17-18H,1-2H3,(H,21,24). The second kappa shape index (κ2) is 5.62. The molecule has 1 aromatic rings. The molecule has 0 spiro atoms. The largest absolute Gasteiger partial charge is 0.336 e. The number of anilines is 1. The first-order valence-electron chi connectivity index (χ1n) is 8.29. The van der Waals surface area contributed by atoms with Crippen LogP contribution in [0.5, 0.6) is 0 Å². The highest BCUT2D eigenvalue weighted by molar-refractivity contribution is 6.24. The number of Topliss-reactive ketones (excluding diaryl/α,β-unsaturated/α-hetero) is 3. The van der Waals surface area contributed by atoms with Crippen molar-refractivity contribution in [1.82, 2.24) is 4.90 Å². The van der Waals surface area contributed by atoms with Gasteiger partial charge in [0.1, 0.15) is 6.04 Å². The van der Waals surface area contributed by atoms with Crippen LogP contribution >= 0.6 is 0 Å². The van der Waals surface area contributed by atoms with E-state index < -0.39 is 12.0 Å². The first kappa shape index (κ1) is 16.2. The first-order valence-corrected chi connectivity index (χ1v) is 8.29. The van der Waals surface area contributed by atoms with Crippen LogP contribution in [-0.2, 0) is 9.59 Å². The fourth-order valence-corrected chi connectivity index (χ4v) is 3.99. The highest BCUT2D eigenvalue weighted by Crippen LogP contribution is 2.45. The average Bonchev–Trinajstić information content (AvgIpc) is 2.95. The molecule has 1 N–H and O–H groups in total. The van der Waals surface area contributed by atoms with E-state index in [0.717, 1.165) is 0 Å². The summed E-state index contributed by atoms with van der Waals surface area (Å²) in [5.74, 6) is -1.99. The van der Waals surface area contributed by atoms with Crippen LogP contribution in [0.1, 0.15) is 34.6 Å². The Morgan fingerprint density at radius 2 is 1.85 bits per heavy atom. The van der Waals surface area contributed by atoms with E-state index in [9.17, 15) is 19.2 Å². The van der Waals surface area contributed by atoms with Crippen LogP contribution in [-0.4, -0.2) is 34.2 Å². The minimum Gasteiger partial charge on any atom is -0.336 e. The highest BCUT2D eigenvalue weighted by Gasteiger charge is 2.53. The summed E-state index contributed by atoms with van der Waals surface area (Å²) in [5, 5.41) is 2.62. The minimum atomic E-state index is -0.871. The lowest BCUT2D eigenvalue weighted by molar-refractivity contribution is -0.115. The van der Waals surface area contributed by atoms with Crippen LogP contribution in [0.15, 0.2) is 53.9 Å². The maximum atomic E-state index is 13.3. The second-order valence-corrected chi connectivity index (χ2v) is 6.52. The zero-order valence-electron chi connectivity index (χ0n) is 14.3. The predicted octanol–water partition coefficient (Wildman–Crippen LogP) is 2.25. The summed E-state index contributed by atoms with van der Waals surface area (Å²) in [6.07, 6.45) is 7.01. The van der Waals surface area contributed by atoms with E-state index in [1.54, 1.807) is 47.5 Å². The smallest absolute Gasteiger partial charge is 0.221 e. The molecule has 0 aromatic heterocycles. The molecule has 0 radical (unpaired) electrons. The topological polar surface area (TPSA) is 83.6 Å². The second-order valence-electron chi connectivity index (χ2n) is 6.52. The molecule has 0 saturated carbocycles. The van der Waals surface area contributed by atoms with Crippen molar-refractivity contribution in [1.29, 1.82) is 0 Å². The number of carbonyl (C=O) groups is 4. The number of ketones is 3. The molecule has 2 unspecified atom stereocenters. The van der Waals surface area contributed by atoms with Gasteiger partial charge in [0.2, 0.25) is 5.91 Å². The van der Waals surface area contributed by atoms with Crippen molar-refractivity contribution in [2.45, 2.75) is 19.9 Å². The van der Waals surface area contributed by atoms with E-state index in [2.05, 4.69) is 5.32 Å². The molecule has 6 heteroatoms. The molecule has 26 heavy (non-hydrogen) atoms. The number of hydrogen-bond donors (Lipinski definition) is 1. The third-order valence-corrected chi connectivity index (χ3v) is 4.91. The van der Waals surface area contributed by atoms with Crippen molar-refractivity contribution in [3.05, 3.63) is 65.0 Å². The van der Waals surface area contributed by atoms with Gasteiger partial charge in [-0.2, -0.15) is 0 Å². The molecule has 130 valence electrons. The first-order chi connectivity index (χ1) is 12.4. The summed E-state index contributed by atoms with van der Waals surface area (Å²) in [7, 11) is 0. The molecule has 3 aliphatic rings. The van der Waals surface area contributed by atoms with Crippen molar-refractivity contribution in [2.75, 3.05) is 5.32 Å². The monoisotopic (exact) mass is 348 g/mol. The average molecular weight is 348 g/mol. The summed E-state index contributed by atoms with van der Waals surface area (Å²) in [5.41, 5.74) is 1.69. The number of nitrogens with zero attached hydrogens (tertiary/aromatic N) is 1. The molecule has 2 aliphatic heterocycles. The number of nitrogens with one attached hydrogen (secondary N) is 1. The quantitative estimate of drug-likeness (QED) is 0.886. The zero-order chi connectivity index (χ0) is 18.6. The predicted molar refractivity (Wildman–Crippen MR) is 94.5 cm³/mol. The lowest BCUT2D eigenvalue weighted by atomic mass is 9.75. The van der Waals surface area contributed by atoms with Crippen molar-refractivity contribution in [3.63, 3.8) is 0 Å². The van der Waals surface area contributed by atoms with Crippen molar-refractivity contribution >= 4 is 28.9 Å². The lowest BCUT2D eigenvalue weighted by Crippen LogP contribution is -2.46. The van der Waals surface area contributed by atoms with Crippen LogP contribution < -0.4 is 5.32 Å². The van der Waals surface area contributed by atoms with Crippen LogP contribution in [0, 0.1) is 5.92 Å². The fraction of sp³-hybridized carbons (Fsp3) is 0.200. The van der Waals surface area contributed by atoms with Gasteiger partial charge in [-0.05, 0) is 25.1 Å². The van der Waals surface area contributed by atoms with E-state index in [1.165, 1.54) is 13.8 Å². The third-order valence-electron chi connectivity index (χ3n) is 4.91. The number of rotatable bonds is 2. The summed E-state index contributed by atoms with van der Waals surface area (Å²) >= 11 is 0. The van der Waals surface area contributed by atoms with Gasteiger partial charge in [-0.25, -0.2) is 0 Å². The number of fused-ring (bicyclic) bond motifs is 4. The van der Waals surface area contributed by atoms with Crippen LogP contribution in [0.2, 0.25) is 0 Å². The maximum Gasteiger partial charge on any atom is 0.221 e. The maximum absolute atomic E-state index is 13.3. The Morgan fingerprint density at radius 3 is 2.54 bits per heavy atom. The number of benzene rings is 1. The van der Waals surface area contributed by atoms with Crippen LogP contribution in [0.25, 0.3) is 0 Å². The van der Waals surface area contributed by atoms with Gasteiger partial charge >= 0.3 is 0 Å². The van der Waals surface area contributed by atoms with Crippen LogP contribution in [0.4, 0.5) is 5.69 Å². The van der Waals surface area contributed by atoms with Crippen molar-refractivity contribution in [2.24, 2.45) is 5.92 Å². The zero-order valence-corrected chi connectivity index (χ0v) is 14.3. The number of allylic oxidation sites excluding steroid dienone is 3. The molecule has 1 aromatic carbocycles. The number of hydrogen-bond acceptors (Lipinski definition) is 5. The van der Waals surface area contributed by atoms with Gasteiger partial charge < -0.3 is 10.2 Å². The molecular formula is C20H16N2O4. The van der Waals surface area contributed by atoms with Crippen molar-refractivity contribution < 1.29 is 19.2 Å². The van der Waals surface area contributed by atoms with Gasteiger partial charge in [-0.15, -0.1) is 0 Å². The number of carbonyl (C=O) groups excluding carboxylic acids is 4. The van der Waals surface area contributed by atoms with Crippen molar-refractivity contribution in [3.8, 4) is 0 Å². The highest BCUT2D eigenvalue weighted by atomic mass is 16.2. The molecule has 6 nitrogen and oxygen atoms in total. The van der Waals surface area contributed by atoms with Gasteiger partial charge in [-0.3, -0.25) is 19.2 Å². The normalized spacial score (nSPS) is 22.9. The van der Waals surface area contributed by atoms with E-state index in [0.29, 0.717) is 17.0 Å². The van der Waals surface area contributed by atoms with Gasteiger partial charge in [-0.1, -0.05) is 18.2 Å². The van der Waals surface area contributed by atoms with E-state index in [-0.39, 0.29) is 34.4 Å². The molecule has 0 saturated heterocycles. The van der Waals surface area contributed by atoms with Gasteiger partial charge in [0.25, 0.3) is 0 Å². The SMILES string of the molecule is CC(=O)Nc1cccc2c1C(=O)C1C(C(C)=O)=C3C=CC=CN3C1C2=O. The Kier molecular flexibility index (Phi) is 3.50. The molecule has 0 bridgehead atoms. The Bertz CT molecular complexity index is 984. The van der Waals surface area contributed by atoms with Gasteiger partial charge in [0, 0.05) is 30.0 Å². The Hall–Kier alpha value is -3.28. The Morgan fingerprint density at radius 1 is 1.08 bits per heavy atom. The summed E-state index contributed by atoms with van der Waals surface area (Å²) < 4.78 is 0. The van der Waals surface area contributed by atoms with E-state index >= 15 is 0 Å². The Balaban J connectivity index is 1.94. The van der Waals surface area contributed by atoms with Gasteiger partial charge in [0.05, 0.1) is 17.2 Å². The number of amides is 1.